The van der Waals surface area contributed by atoms with Gasteiger partial charge in [-0.3, -0.25) is 0 Å². The van der Waals surface area contributed by atoms with Crippen LogP contribution in [-0.2, 0) is 4.74 Å². The number of para-hydroxylation sites is 1. The molecule has 0 spiro atoms. The number of hydrogen-bond acceptors (Lipinski definition) is 3. The Balaban J connectivity index is 1.95. The van der Waals surface area contributed by atoms with Gasteiger partial charge in [-0.25, -0.2) is 4.79 Å². The molecule has 0 bridgehead atoms. The third-order valence-corrected chi connectivity index (χ3v) is 4.96. The molecule has 0 aliphatic heterocycles. The van der Waals surface area contributed by atoms with Gasteiger partial charge < -0.3 is 14.0 Å². The number of quaternary nitrogens is 1. The molecule has 0 aromatic heterocycles. The predicted octanol–water partition coefficient (Wildman–Crippen LogP) is 4.82. The van der Waals surface area contributed by atoms with E-state index >= 15 is 0 Å². The SMILES string of the molecule is CC[N+](C)(CC)CCCOC(=O)c1ccccc1Oc1ccc(C)cc1. The number of benzene rings is 2. The molecule has 0 aliphatic rings. The molecule has 0 radical (unpaired) electrons. The van der Waals surface area contributed by atoms with Crippen LogP contribution < -0.4 is 4.74 Å². The first-order valence-electron chi connectivity index (χ1n) is 9.31. The van der Waals surface area contributed by atoms with Crippen molar-refractivity contribution in [3.63, 3.8) is 0 Å². The Kier molecular flexibility index (Phi) is 7.22. The third kappa shape index (κ3) is 5.60. The first-order chi connectivity index (χ1) is 12.5. The number of aryl methyl sites for hydroxylation is 1. The van der Waals surface area contributed by atoms with Crippen LogP contribution in [0.3, 0.4) is 0 Å². The lowest BCUT2D eigenvalue weighted by atomic mass is 10.2. The van der Waals surface area contributed by atoms with Crippen LogP contribution >= 0.6 is 0 Å². The van der Waals surface area contributed by atoms with Crippen molar-refractivity contribution in [2.45, 2.75) is 27.2 Å². The van der Waals surface area contributed by atoms with Gasteiger partial charge in [0.05, 0.1) is 33.3 Å². The molecular weight excluding hydrogens is 326 g/mol. The number of rotatable bonds is 9. The number of carbonyl (C=O) groups is 1. The van der Waals surface area contributed by atoms with Crippen molar-refractivity contribution < 1.29 is 18.8 Å². The van der Waals surface area contributed by atoms with Gasteiger partial charge in [0, 0.05) is 6.42 Å². The van der Waals surface area contributed by atoms with E-state index in [1.54, 1.807) is 12.1 Å². The van der Waals surface area contributed by atoms with Gasteiger partial charge in [0.25, 0.3) is 0 Å². The second kappa shape index (κ2) is 9.39. The average molecular weight is 356 g/mol. The summed E-state index contributed by atoms with van der Waals surface area (Å²) < 4.78 is 12.3. The van der Waals surface area contributed by atoms with Crippen LogP contribution in [0.4, 0.5) is 0 Å². The van der Waals surface area contributed by atoms with Crippen molar-refractivity contribution in [3.8, 4) is 11.5 Å². The maximum absolute atomic E-state index is 12.5. The molecule has 4 heteroatoms. The summed E-state index contributed by atoms with van der Waals surface area (Å²) in [6.45, 7) is 9.99. The average Bonchev–Trinajstić information content (AvgIpc) is 2.67. The molecule has 2 aromatic carbocycles. The molecule has 0 aliphatic carbocycles. The highest BCUT2D eigenvalue weighted by molar-refractivity contribution is 5.92. The summed E-state index contributed by atoms with van der Waals surface area (Å²) in [6, 6.07) is 15.0. The van der Waals surface area contributed by atoms with Crippen LogP contribution in [0.5, 0.6) is 11.5 Å². The second-order valence-electron chi connectivity index (χ2n) is 6.88. The summed E-state index contributed by atoms with van der Waals surface area (Å²) in [6.07, 6.45) is 0.852. The van der Waals surface area contributed by atoms with Crippen molar-refractivity contribution >= 4 is 5.97 Å². The normalized spacial score (nSPS) is 11.2. The van der Waals surface area contributed by atoms with E-state index in [0.717, 1.165) is 36.1 Å². The minimum Gasteiger partial charge on any atom is -0.462 e. The summed E-state index contributed by atoms with van der Waals surface area (Å²) in [5, 5.41) is 0. The zero-order valence-corrected chi connectivity index (χ0v) is 16.3. The van der Waals surface area contributed by atoms with Gasteiger partial charge in [0.1, 0.15) is 17.1 Å². The minimum absolute atomic E-state index is 0.338. The van der Waals surface area contributed by atoms with E-state index in [0.29, 0.717) is 23.7 Å². The van der Waals surface area contributed by atoms with Gasteiger partial charge in [-0.2, -0.15) is 0 Å². The van der Waals surface area contributed by atoms with E-state index in [1.165, 1.54) is 0 Å². The molecule has 0 fully saturated rings. The molecular formula is C22H30NO3+. The highest BCUT2D eigenvalue weighted by Gasteiger charge is 2.17. The Bertz CT molecular complexity index is 706. The van der Waals surface area contributed by atoms with Crippen molar-refractivity contribution in [2.24, 2.45) is 0 Å². The Hall–Kier alpha value is -2.33. The Morgan fingerprint density at radius 1 is 1.00 bits per heavy atom. The Morgan fingerprint density at radius 2 is 1.65 bits per heavy atom. The lowest BCUT2D eigenvalue weighted by Gasteiger charge is -2.32. The number of ether oxygens (including phenoxy) is 2. The van der Waals surface area contributed by atoms with E-state index in [9.17, 15) is 4.79 Å². The van der Waals surface area contributed by atoms with Crippen LogP contribution in [0.15, 0.2) is 48.5 Å². The molecule has 0 saturated heterocycles. The fourth-order valence-electron chi connectivity index (χ4n) is 2.69. The van der Waals surface area contributed by atoms with Gasteiger partial charge in [-0.1, -0.05) is 29.8 Å². The van der Waals surface area contributed by atoms with Crippen LogP contribution in [0.1, 0.15) is 36.2 Å². The van der Waals surface area contributed by atoms with E-state index in [-0.39, 0.29) is 5.97 Å². The second-order valence-corrected chi connectivity index (χ2v) is 6.88. The van der Waals surface area contributed by atoms with Crippen LogP contribution in [0, 0.1) is 6.92 Å². The predicted molar refractivity (Wildman–Crippen MR) is 105 cm³/mol. The number of hydrogen-bond donors (Lipinski definition) is 0. The first-order valence-corrected chi connectivity index (χ1v) is 9.31. The molecule has 4 nitrogen and oxygen atoms in total. The fourth-order valence-corrected chi connectivity index (χ4v) is 2.69. The molecule has 0 atom stereocenters. The maximum atomic E-state index is 12.5. The van der Waals surface area contributed by atoms with E-state index < -0.39 is 0 Å². The molecule has 2 aromatic rings. The van der Waals surface area contributed by atoms with Gasteiger partial charge in [0.15, 0.2) is 0 Å². The van der Waals surface area contributed by atoms with Crippen molar-refractivity contribution in [1.82, 2.24) is 0 Å². The molecule has 2 rings (SSSR count). The molecule has 0 unspecified atom stereocenters. The minimum atomic E-state index is -0.338. The van der Waals surface area contributed by atoms with Crippen molar-refractivity contribution in [3.05, 3.63) is 59.7 Å². The zero-order chi connectivity index (χ0) is 19.0. The molecule has 0 amide bonds. The van der Waals surface area contributed by atoms with Crippen molar-refractivity contribution in [2.75, 3.05) is 33.3 Å². The fraction of sp³-hybridized carbons (Fsp3) is 0.409. The molecule has 0 heterocycles. The molecule has 0 saturated carbocycles. The number of carbonyl (C=O) groups excluding carboxylic acids is 1. The topological polar surface area (TPSA) is 35.5 Å². The molecule has 0 N–H and O–H groups in total. The summed E-state index contributed by atoms with van der Waals surface area (Å²) in [5.41, 5.74) is 1.62. The van der Waals surface area contributed by atoms with Gasteiger partial charge >= 0.3 is 5.97 Å². The van der Waals surface area contributed by atoms with Crippen molar-refractivity contribution in [1.29, 1.82) is 0 Å². The molecule has 26 heavy (non-hydrogen) atoms. The summed E-state index contributed by atoms with van der Waals surface area (Å²) in [5.74, 6) is 0.883. The third-order valence-electron chi connectivity index (χ3n) is 4.96. The molecule has 140 valence electrons. The highest BCUT2D eigenvalue weighted by atomic mass is 16.5. The standard InChI is InChI=1S/C22H30NO3/c1-5-23(4,6-2)16-9-17-25-22(24)20-10-7-8-11-21(20)26-19-14-12-18(3)13-15-19/h7-8,10-15H,5-6,9,16-17H2,1-4H3/q+1. The van der Waals surface area contributed by atoms with Gasteiger partial charge in [-0.15, -0.1) is 0 Å². The number of esters is 1. The first kappa shape index (κ1) is 20.0. The van der Waals surface area contributed by atoms with Gasteiger partial charge in [-0.05, 0) is 45.0 Å². The van der Waals surface area contributed by atoms with E-state index in [4.69, 9.17) is 9.47 Å². The zero-order valence-electron chi connectivity index (χ0n) is 16.3. The van der Waals surface area contributed by atoms with Crippen LogP contribution in [0.25, 0.3) is 0 Å². The van der Waals surface area contributed by atoms with Crippen LogP contribution in [0.2, 0.25) is 0 Å². The Labute approximate surface area is 156 Å². The van der Waals surface area contributed by atoms with E-state index in [2.05, 4.69) is 20.9 Å². The largest absolute Gasteiger partial charge is 0.462 e. The van der Waals surface area contributed by atoms with Gasteiger partial charge in [0.2, 0.25) is 0 Å². The highest BCUT2D eigenvalue weighted by Crippen LogP contribution is 2.26. The van der Waals surface area contributed by atoms with E-state index in [1.807, 2.05) is 43.3 Å². The Morgan fingerprint density at radius 3 is 2.31 bits per heavy atom. The maximum Gasteiger partial charge on any atom is 0.341 e. The smallest absolute Gasteiger partial charge is 0.341 e. The summed E-state index contributed by atoms with van der Waals surface area (Å²) in [7, 11) is 2.23. The lowest BCUT2D eigenvalue weighted by molar-refractivity contribution is -0.906. The van der Waals surface area contributed by atoms with Crippen LogP contribution in [-0.4, -0.2) is 43.7 Å². The summed E-state index contributed by atoms with van der Waals surface area (Å²) in [4.78, 5) is 12.5. The lowest BCUT2D eigenvalue weighted by Crippen LogP contribution is -2.44. The number of nitrogens with zero attached hydrogens (tertiary/aromatic N) is 1. The quantitative estimate of drug-likeness (QED) is 0.367. The summed E-state index contributed by atoms with van der Waals surface area (Å²) >= 11 is 0. The monoisotopic (exact) mass is 356 g/mol.